The Morgan fingerprint density at radius 1 is 1.30 bits per heavy atom. The van der Waals surface area contributed by atoms with Crippen LogP contribution in [0.25, 0.3) is 0 Å². The second-order valence-electron chi connectivity index (χ2n) is 6.27. The molecule has 0 amide bonds. The second kappa shape index (κ2) is 6.13. The zero-order valence-electron chi connectivity index (χ0n) is 12.7. The van der Waals surface area contributed by atoms with Gasteiger partial charge in [0.05, 0.1) is 0 Å². The highest BCUT2D eigenvalue weighted by Gasteiger charge is 2.26. The van der Waals surface area contributed by atoms with Gasteiger partial charge in [0.1, 0.15) is 5.82 Å². The van der Waals surface area contributed by atoms with Crippen LogP contribution in [0.4, 0.5) is 5.82 Å². The van der Waals surface area contributed by atoms with E-state index in [1.54, 1.807) is 0 Å². The number of nitrogens with two attached hydrogens (primary N) is 1. The fourth-order valence-corrected chi connectivity index (χ4v) is 3.82. The summed E-state index contributed by atoms with van der Waals surface area (Å²) in [5.74, 6) is 1.20. The first-order valence-corrected chi connectivity index (χ1v) is 8.32. The summed E-state index contributed by atoms with van der Waals surface area (Å²) in [5.41, 5.74) is 10.0. The lowest BCUT2D eigenvalue weighted by Gasteiger charge is -2.38. The molecule has 1 aromatic heterocycles. The van der Waals surface area contributed by atoms with E-state index in [4.69, 9.17) is 10.7 Å². The monoisotopic (exact) mass is 273 g/mol. The highest BCUT2D eigenvalue weighted by Crippen LogP contribution is 2.32. The summed E-state index contributed by atoms with van der Waals surface area (Å²) in [7, 11) is 0. The Morgan fingerprint density at radius 3 is 3.00 bits per heavy atom. The van der Waals surface area contributed by atoms with Gasteiger partial charge < -0.3 is 10.6 Å². The Hall–Kier alpha value is -1.09. The normalized spacial score (nSPS) is 22.1. The Morgan fingerprint density at radius 2 is 2.20 bits per heavy atom. The van der Waals surface area contributed by atoms with Crippen LogP contribution >= 0.6 is 0 Å². The molecule has 1 aliphatic carbocycles. The van der Waals surface area contributed by atoms with Gasteiger partial charge in [-0.25, -0.2) is 4.98 Å². The number of anilines is 1. The van der Waals surface area contributed by atoms with E-state index in [1.165, 1.54) is 67.6 Å². The molecule has 0 saturated carbocycles. The van der Waals surface area contributed by atoms with Gasteiger partial charge in [0.15, 0.2) is 0 Å². The molecule has 3 nitrogen and oxygen atoms in total. The Labute approximate surface area is 122 Å². The molecule has 2 aliphatic rings. The fourth-order valence-electron chi connectivity index (χ4n) is 3.82. The minimum absolute atomic E-state index is 0.616. The number of rotatable bonds is 4. The van der Waals surface area contributed by atoms with E-state index in [9.17, 15) is 0 Å². The van der Waals surface area contributed by atoms with Crippen LogP contribution in [-0.4, -0.2) is 17.6 Å². The first-order valence-electron chi connectivity index (χ1n) is 8.32. The van der Waals surface area contributed by atoms with Crippen LogP contribution in [0, 0.1) is 0 Å². The van der Waals surface area contributed by atoms with E-state index in [0.717, 1.165) is 13.0 Å². The van der Waals surface area contributed by atoms with Crippen molar-refractivity contribution in [1.29, 1.82) is 0 Å². The van der Waals surface area contributed by atoms with E-state index in [-0.39, 0.29) is 0 Å². The van der Waals surface area contributed by atoms with Crippen molar-refractivity contribution in [3.8, 4) is 0 Å². The molecular weight excluding hydrogens is 246 g/mol. The lowest BCUT2D eigenvalue weighted by Crippen LogP contribution is -2.41. The van der Waals surface area contributed by atoms with E-state index < -0.39 is 0 Å². The number of nitrogens with zero attached hydrogens (tertiary/aromatic N) is 2. The number of pyridine rings is 1. The number of fused-ring (bicyclic) bond motifs is 1. The van der Waals surface area contributed by atoms with Crippen LogP contribution in [0.2, 0.25) is 0 Å². The summed E-state index contributed by atoms with van der Waals surface area (Å²) in [6, 6.07) is 3.01. The summed E-state index contributed by atoms with van der Waals surface area (Å²) >= 11 is 0. The predicted octanol–water partition coefficient (Wildman–Crippen LogP) is 3.19. The Kier molecular flexibility index (Phi) is 4.25. The van der Waals surface area contributed by atoms with Gasteiger partial charge in [-0.2, -0.15) is 0 Å². The molecule has 20 heavy (non-hydrogen) atoms. The van der Waals surface area contributed by atoms with Gasteiger partial charge in [-0.1, -0.05) is 13.3 Å². The summed E-state index contributed by atoms with van der Waals surface area (Å²) < 4.78 is 0. The average Bonchev–Trinajstić information content (AvgIpc) is 2.94. The van der Waals surface area contributed by atoms with Crippen molar-refractivity contribution in [3.63, 3.8) is 0 Å². The SMILES string of the molecule is CCCC1CCCCN1c1nc2c(cc1CN)CCC2. The van der Waals surface area contributed by atoms with Crippen molar-refractivity contribution in [3.05, 3.63) is 22.9 Å². The molecule has 0 aromatic carbocycles. The molecule has 1 fully saturated rings. The third-order valence-corrected chi connectivity index (χ3v) is 4.85. The van der Waals surface area contributed by atoms with Gasteiger partial charge in [-0.3, -0.25) is 0 Å². The molecule has 110 valence electrons. The zero-order chi connectivity index (χ0) is 13.9. The van der Waals surface area contributed by atoms with Gasteiger partial charge in [-0.05, 0) is 56.6 Å². The minimum Gasteiger partial charge on any atom is -0.353 e. The first-order chi connectivity index (χ1) is 9.83. The van der Waals surface area contributed by atoms with E-state index in [1.807, 2.05) is 0 Å². The van der Waals surface area contributed by atoms with Crippen LogP contribution in [0.15, 0.2) is 6.07 Å². The molecule has 1 atom stereocenters. The number of hydrogen-bond donors (Lipinski definition) is 1. The summed E-state index contributed by atoms with van der Waals surface area (Å²) in [6.45, 7) is 4.06. The van der Waals surface area contributed by atoms with Gasteiger partial charge in [0, 0.05) is 30.4 Å². The van der Waals surface area contributed by atoms with Crippen LogP contribution in [0.3, 0.4) is 0 Å². The topological polar surface area (TPSA) is 42.2 Å². The van der Waals surface area contributed by atoms with Gasteiger partial charge in [-0.15, -0.1) is 0 Å². The molecule has 3 rings (SSSR count). The summed E-state index contributed by atoms with van der Waals surface area (Å²) in [5, 5.41) is 0. The average molecular weight is 273 g/mol. The van der Waals surface area contributed by atoms with Crippen molar-refractivity contribution in [2.75, 3.05) is 11.4 Å². The largest absolute Gasteiger partial charge is 0.353 e. The van der Waals surface area contributed by atoms with Crippen molar-refractivity contribution in [1.82, 2.24) is 4.98 Å². The van der Waals surface area contributed by atoms with E-state index in [0.29, 0.717) is 12.6 Å². The molecule has 3 heteroatoms. The minimum atomic E-state index is 0.616. The molecular formula is C17H27N3. The van der Waals surface area contributed by atoms with Crippen molar-refractivity contribution in [2.24, 2.45) is 5.73 Å². The smallest absolute Gasteiger partial charge is 0.133 e. The van der Waals surface area contributed by atoms with Crippen LogP contribution in [0.5, 0.6) is 0 Å². The third kappa shape index (κ3) is 2.56. The summed E-state index contributed by atoms with van der Waals surface area (Å²) in [4.78, 5) is 7.59. The Bertz CT molecular complexity index is 468. The highest BCUT2D eigenvalue weighted by molar-refractivity contribution is 5.52. The lowest BCUT2D eigenvalue weighted by molar-refractivity contribution is 0.430. The maximum atomic E-state index is 6.00. The van der Waals surface area contributed by atoms with E-state index in [2.05, 4.69) is 17.9 Å². The van der Waals surface area contributed by atoms with E-state index >= 15 is 0 Å². The van der Waals surface area contributed by atoms with Gasteiger partial charge in [0.25, 0.3) is 0 Å². The second-order valence-corrected chi connectivity index (χ2v) is 6.27. The molecule has 1 saturated heterocycles. The first kappa shape index (κ1) is 13.9. The molecule has 1 aromatic rings. The van der Waals surface area contributed by atoms with Crippen LogP contribution in [-0.2, 0) is 19.4 Å². The van der Waals surface area contributed by atoms with Gasteiger partial charge >= 0.3 is 0 Å². The Balaban J connectivity index is 1.94. The zero-order valence-corrected chi connectivity index (χ0v) is 12.7. The lowest BCUT2D eigenvalue weighted by atomic mass is 9.97. The highest BCUT2D eigenvalue weighted by atomic mass is 15.2. The predicted molar refractivity (Wildman–Crippen MR) is 84.0 cm³/mol. The van der Waals surface area contributed by atoms with Crippen molar-refractivity contribution < 1.29 is 0 Å². The number of aryl methyl sites for hydroxylation is 2. The van der Waals surface area contributed by atoms with Crippen LogP contribution in [0.1, 0.15) is 62.3 Å². The van der Waals surface area contributed by atoms with Gasteiger partial charge in [0.2, 0.25) is 0 Å². The molecule has 1 aliphatic heterocycles. The number of aromatic nitrogens is 1. The molecule has 0 bridgehead atoms. The molecule has 2 heterocycles. The molecule has 0 radical (unpaired) electrons. The van der Waals surface area contributed by atoms with Crippen molar-refractivity contribution in [2.45, 2.75) is 70.9 Å². The third-order valence-electron chi connectivity index (χ3n) is 4.85. The quantitative estimate of drug-likeness (QED) is 0.916. The maximum Gasteiger partial charge on any atom is 0.133 e. The van der Waals surface area contributed by atoms with Crippen LogP contribution < -0.4 is 10.6 Å². The molecule has 1 unspecified atom stereocenters. The molecule has 0 spiro atoms. The standard InChI is InChI=1S/C17H27N3/c1-2-6-15-8-3-4-10-20(15)17-14(12-18)11-13-7-5-9-16(13)19-17/h11,15H,2-10,12,18H2,1H3. The number of piperidine rings is 1. The number of hydrogen-bond acceptors (Lipinski definition) is 3. The summed E-state index contributed by atoms with van der Waals surface area (Å²) in [6.07, 6.45) is 10.1. The van der Waals surface area contributed by atoms with Crippen molar-refractivity contribution >= 4 is 5.82 Å². The maximum absolute atomic E-state index is 6.00. The fraction of sp³-hybridized carbons (Fsp3) is 0.706. The molecule has 2 N–H and O–H groups in total.